The van der Waals surface area contributed by atoms with Crippen molar-refractivity contribution >= 4 is 24.6 Å². The van der Waals surface area contributed by atoms with Gasteiger partial charge in [-0.1, -0.05) is 28.9 Å². The zero-order valence-electron chi connectivity index (χ0n) is 23.1. The topological polar surface area (TPSA) is 74.2 Å². The van der Waals surface area contributed by atoms with E-state index in [1.165, 1.54) is 62.4 Å². The zero-order chi connectivity index (χ0) is 34.6. The largest absolute Gasteiger partial charge is 0.435 e. The molecule has 0 saturated heterocycles. The van der Waals surface area contributed by atoms with Crippen molar-refractivity contribution in [1.82, 2.24) is 9.21 Å². The van der Waals surface area contributed by atoms with Crippen LogP contribution in [0.2, 0.25) is 0 Å². The summed E-state index contributed by atoms with van der Waals surface area (Å²) in [6.45, 7) is -6.22. The summed E-state index contributed by atoms with van der Waals surface area (Å²) in [6, 6.07) is 10.7. The van der Waals surface area contributed by atoms with Gasteiger partial charge in [0.05, 0.1) is 0 Å². The first-order valence-corrected chi connectivity index (χ1v) is 16.0. The molecule has 2 aromatic rings. The number of benzene rings is 2. The van der Waals surface area contributed by atoms with Crippen molar-refractivity contribution in [2.75, 3.05) is 26.4 Å². The van der Waals surface area contributed by atoms with Crippen LogP contribution in [0, 0.1) is 13.8 Å². The van der Waals surface area contributed by atoms with E-state index in [-0.39, 0.29) is 20.7 Å². The highest BCUT2D eigenvalue weighted by Gasteiger charge is 2.57. The second-order valence-electron chi connectivity index (χ2n) is 8.96. The summed E-state index contributed by atoms with van der Waals surface area (Å²) in [7, 11) is -12.6. The molecule has 1 heterocycles. The summed E-state index contributed by atoms with van der Waals surface area (Å²) in [4.78, 5) is 9.27. The SMILES string of the molecule is Cc1cccc(OP2(Oc3cccc(C)c3)=NP(OCC(F)(F)F)N(OCC(F)(F)F)P(OCC(F)(F)F)N2OCC(F)(F)F)c1. The molecule has 0 bridgehead atoms. The third-order valence-electron chi connectivity index (χ3n) is 4.65. The van der Waals surface area contributed by atoms with Crippen molar-refractivity contribution in [1.29, 1.82) is 0 Å². The Morgan fingerprint density at radius 2 is 1.07 bits per heavy atom. The molecule has 1 aliphatic heterocycles. The molecule has 0 aliphatic carbocycles. The van der Waals surface area contributed by atoms with Crippen LogP contribution in [0.3, 0.4) is 0 Å². The average molecular weight is 745 g/mol. The smallest absolute Gasteiger partial charge is 0.417 e. The molecule has 2 aromatic carbocycles. The normalized spacial score (nSPS) is 20.0. The van der Waals surface area contributed by atoms with Crippen LogP contribution in [0.25, 0.3) is 0 Å². The maximum absolute atomic E-state index is 13.4. The van der Waals surface area contributed by atoms with E-state index >= 15 is 0 Å². The summed E-state index contributed by atoms with van der Waals surface area (Å²) in [5, 5.41) is 0. The Morgan fingerprint density at radius 3 is 1.50 bits per heavy atom. The van der Waals surface area contributed by atoms with Crippen molar-refractivity contribution < 1.29 is 80.5 Å². The predicted molar refractivity (Wildman–Crippen MR) is 139 cm³/mol. The van der Waals surface area contributed by atoms with Gasteiger partial charge in [-0.3, -0.25) is 9.68 Å². The van der Waals surface area contributed by atoms with Gasteiger partial charge in [-0.15, -0.1) is 4.52 Å². The minimum Gasteiger partial charge on any atom is -0.417 e. The lowest BCUT2D eigenvalue weighted by molar-refractivity contribution is -0.222. The molecule has 0 aromatic heterocycles. The van der Waals surface area contributed by atoms with Gasteiger partial charge in [0.1, 0.15) is 18.1 Å². The fraction of sp³-hybridized carbons (Fsp3) is 0.455. The number of hydrogen-bond acceptors (Lipinski definition) is 9. The van der Waals surface area contributed by atoms with Crippen molar-refractivity contribution in [3.63, 3.8) is 0 Å². The highest BCUT2D eigenvalue weighted by molar-refractivity contribution is 7.78. The van der Waals surface area contributed by atoms with Crippen LogP contribution in [-0.4, -0.2) is 60.3 Å². The summed E-state index contributed by atoms with van der Waals surface area (Å²) in [6.07, 6.45) is -20.9. The third-order valence-corrected chi connectivity index (χ3v) is 11.6. The first kappa shape index (κ1) is 38.5. The van der Waals surface area contributed by atoms with Crippen LogP contribution in [0.15, 0.2) is 53.0 Å². The van der Waals surface area contributed by atoms with Crippen LogP contribution in [0.5, 0.6) is 11.5 Å². The first-order valence-electron chi connectivity index (χ1n) is 12.2. The van der Waals surface area contributed by atoms with Gasteiger partial charge in [-0.25, -0.2) is 0 Å². The van der Waals surface area contributed by atoms with E-state index in [4.69, 9.17) is 18.4 Å². The van der Waals surface area contributed by atoms with Crippen LogP contribution < -0.4 is 9.05 Å². The maximum Gasteiger partial charge on any atom is 0.435 e. The van der Waals surface area contributed by atoms with Gasteiger partial charge in [-0.05, 0) is 53.8 Å². The Bertz CT molecular complexity index is 1310. The molecular formula is C22H22F12N3O6P3. The number of hydrogen-bond donors (Lipinski definition) is 0. The Balaban J connectivity index is 2.35. The fourth-order valence-corrected chi connectivity index (χ4v) is 10.7. The van der Waals surface area contributed by atoms with Crippen LogP contribution in [0.4, 0.5) is 52.7 Å². The summed E-state index contributed by atoms with van der Waals surface area (Å²) >= 11 is 0. The van der Waals surface area contributed by atoms with Gasteiger partial charge in [-0.2, -0.15) is 52.7 Å². The van der Waals surface area contributed by atoms with Crippen molar-refractivity contribution in [3.8, 4) is 11.5 Å². The van der Waals surface area contributed by atoms with Crippen LogP contribution in [0.1, 0.15) is 11.1 Å². The van der Waals surface area contributed by atoms with E-state index in [0.717, 1.165) is 0 Å². The van der Waals surface area contributed by atoms with E-state index < -0.39 is 75.7 Å². The molecule has 3 rings (SSSR count). The quantitative estimate of drug-likeness (QED) is 0.157. The molecule has 260 valence electrons. The van der Waals surface area contributed by atoms with E-state index in [1.807, 2.05) is 0 Å². The Morgan fingerprint density at radius 1 is 0.630 bits per heavy atom. The van der Waals surface area contributed by atoms with Gasteiger partial charge in [0.2, 0.25) is 0 Å². The third kappa shape index (κ3) is 12.6. The van der Waals surface area contributed by atoms with E-state index in [9.17, 15) is 52.7 Å². The zero-order valence-corrected chi connectivity index (χ0v) is 25.8. The van der Waals surface area contributed by atoms with Gasteiger partial charge in [0.15, 0.2) is 19.8 Å². The van der Waals surface area contributed by atoms with Gasteiger partial charge in [0, 0.05) is 0 Å². The lowest BCUT2D eigenvalue weighted by atomic mass is 10.2. The molecule has 24 heteroatoms. The molecule has 2 unspecified atom stereocenters. The second kappa shape index (κ2) is 15.1. The van der Waals surface area contributed by atoms with E-state index in [0.29, 0.717) is 11.1 Å². The molecule has 46 heavy (non-hydrogen) atoms. The monoisotopic (exact) mass is 745 g/mol. The second-order valence-corrected chi connectivity index (χ2v) is 14.6. The molecule has 1 aliphatic rings. The number of rotatable bonds is 12. The van der Waals surface area contributed by atoms with Crippen molar-refractivity contribution in [2.24, 2.45) is 4.52 Å². The molecule has 0 saturated carbocycles. The maximum atomic E-state index is 13.4. The molecule has 0 radical (unpaired) electrons. The van der Waals surface area contributed by atoms with Crippen LogP contribution in [-0.2, 0) is 18.7 Å². The van der Waals surface area contributed by atoms with Crippen molar-refractivity contribution in [2.45, 2.75) is 38.6 Å². The summed E-state index contributed by atoms with van der Waals surface area (Å²) < 4.78 is 184. The van der Waals surface area contributed by atoms with Crippen LogP contribution >= 0.6 is 24.6 Å². The summed E-state index contributed by atoms with van der Waals surface area (Å²) in [5.74, 6) is -0.571. The Hall–Kier alpha value is -1.95. The lowest BCUT2D eigenvalue weighted by Gasteiger charge is -2.44. The molecular weight excluding hydrogens is 723 g/mol. The predicted octanol–water partition coefficient (Wildman–Crippen LogP) is 9.92. The highest BCUT2D eigenvalue weighted by Crippen LogP contribution is 2.79. The Labute approximate surface area is 255 Å². The van der Waals surface area contributed by atoms with Gasteiger partial charge >= 0.3 is 32.4 Å². The molecule has 0 spiro atoms. The minimum absolute atomic E-state index is 0.127. The first-order chi connectivity index (χ1) is 21.0. The van der Waals surface area contributed by atoms with Crippen molar-refractivity contribution in [3.05, 3.63) is 59.7 Å². The Kier molecular flexibility index (Phi) is 12.6. The van der Waals surface area contributed by atoms with Gasteiger partial charge in [0.25, 0.3) is 16.9 Å². The number of nitrogens with zero attached hydrogens (tertiary/aromatic N) is 3. The van der Waals surface area contributed by atoms with Gasteiger partial charge < -0.3 is 18.1 Å². The number of alkyl halides is 12. The molecule has 0 fully saturated rings. The molecule has 9 nitrogen and oxygen atoms in total. The number of halogens is 12. The standard InChI is InChI=1S/C22H22F12N3O6P3/c1-15-5-3-7-17(9-15)42-46(43-18-8-4-6-16(2)10-18)35-44(40-13-21(29,30)31)36(38-11-19(23,24)25)45(41-14-22(32,33)34)37(46)39-12-20(26,27)28/h3-10H,11-14H2,1-2H3. The highest BCUT2D eigenvalue weighted by atomic mass is 31.3. The minimum atomic E-state index is -5.27. The summed E-state index contributed by atoms with van der Waals surface area (Å²) in [5.41, 5.74) is 0.902. The molecule has 0 amide bonds. The molecule has 0 N–H and O–H groups in total. The molecule has 2 atom stereocenters. The average Bonchev–Trinajstić information content (AvgIpc) is 2.87. The van der Waals surface area contributed by atoms with E-state index in [1.54, 1.807) is 0 Å². The van der Waals surface area contributed by atoms with E-state index in [2.05, 4.69) is 13.9 Å². The fourth-order valence-electron chi connectivity index (χ4n) is 3.06. The lowest BCUT2D eigenvalue weighted by Crippen LogP contribution is -2.37. The number of aryl methyl sites for hydroxylation is 2.